The Morgan fingerprint density at radius 2 is 2.00 bits per heavy atom. The molecule has 1 aromatic rings. The van der Waals surface area contributed by atoms with E-state index in [0.29, 0.717) is 24.1 Å². The molecule has 0 bridgehead atoms. The van der Waals surface area contributed by atoms with E-state index >= 15 is 0 Å². The molecule has 152 valence electrons. The lowest BCUT2D eigenvalue weighted by Crippen LogP contribution is -2.49. The molecule has 0 spiro atoms. The Morgan fingerprint density at radius 3 is 2.63 bits per heavy atom. The van der Waals surface area contributed by atoms with E-state index in [2.05, 4.69) is 45.3 Å². The van der Waals surface area contributed by atoms with Crippen LogP contribution in [0.1, 0.15) is 19.4 Å². The van der Waals surface area contributed by atoms with Crippen LogP contribution in [0.5, 0.6) is 11.5 Å². The zero-order valence-electron chi connectivity index (χ0n) is 16.7. The molecule has 1 fully saturated rings. The summed E-state index contributed by atoms with van der Waals surface area (Å²) in [5.74, 6) is 2.19. The van der Waals surface area contributed by atoms with Gasteiger partial charge in [0.15, 0.2) is 17.5 Å². The number of nitrogens with one attached hydrogen (secondary N) is 2. The van der Waals surface area contributed by atoms with Gasteiger partial charge in [0.25, 0.3) is 0 Å². The normalized spacial score (nSPS) is 16.7. The van der Waals surface area contributed by atoms with Crippen molar-refractivity contribution in [1.82, 2.24) is 15.5 Å². The van der Waals surface area contributed by atoms with Crippen LogP contribution in [0, 0.1) is 0 Å². The summed E-state index contributed by atoms with van der Waals surface area (Å²) in [5.41, 5.74) is 1.04. The van der Waals surface area contributed by atoms with Crippen LogP contribution in [0.4, 0.5) is 0 Å². The van der Waals surface area contributed by atoms with Crippen LogP contribution in [-0.4, -0.2) is 70.5 Å². The van der Waals surface area contributed by atoms with Gasteiger partial charge in [-0.15, -0.1) is 0 Å². The number of methoxy groups -OCH3 is 2. The lowest BCUT2D eigenvalue weighted by atomic mass is 10.2. The fourth-order valence-electron chi connectivity index (χ4n) is 2.97. The molecule has 1 aromatic carbocycles. The molecule has 2 rings (SSSR count). The minimum absolute atomic E-state index is 0.424. The van der Waals surface area contributed by atoms with Gasteiger partial charge in [-0.2, -0.15) is 0 Å². The average Bonchev–Trinajstić information content (AvgIpc) is 2.69. The van der Waals surface area contributed by atoms with Crippen LogP contribution in [0.15, 0.2) is 21.6 Å². The van der Waals surface area contributed by atoms with Crippen molar-refractivity contribution in [1.29, 1.82) is 0 Å². The van der Waals surface area contributed by atoms with Crippen molar-refractivity contribution in [3.63, 3.8) is 0 Å². The minimum Gasteiger partial charge on any atom is -0.493 e. The summed E-state index contributed by atoms with van der Waals surface area (Å²) in [7, 11) is 3.26. The molecular weight excluding hydrogens is 412 g/mol. The predicted octanol–water partition coefficient (Wildman–Crippen LogP) is 2.24. The third kappa shape index (κ3) is 6.55. The van der Waals surface area contributed by atoms with Crippen LogP contribution in [0.25, 0.3) is 0 Å². The Morgan fingerprint density at radius 1 is 1.26 bits per heavy atom. The summed E-state index contributed by atoms with van der Waals surface area (Å²) in [4.78, 5) is 7.14. The Hall–Kier alpha value is -1.51. The molecule has 0 radical (unpaired) electrons. The smallest absolute Gasteiger partial charge is 0.191 e. The maximum absolute atomic E-state index is 5.43. The Bertz CT molecular complexity index is 621. The highest BCUT2D eigenvalue weighted by atomic mass is 79.9. The number of morpholine rings is 1. The number of aliphatic imine (C=N–C) groups is 1. The SMILES string of the molecule is CCNC(=NCc1cc(Br)c(OC)c(OC)c1)NCC(C)N1CCOCC1. The standard InChI is InChI=1S/C19H31BrN4O3/c1-5-21-19(22-12-14(2)24-6-8-27-9-7-24)23-13-15-10-16(20)18(26-4)17(11-15)25-3/h10-11,14H,5-9,12-13H2,1-4H3,(H2,21,22,23). The van der Waals surface area contributed by atoms with E-state index < -0.39 is 0 Å². The van der Waals surface area contributed by atoms with Crippen molar-refractivity contribution in [2.24, 2.45) is 4.99 Å². The molecular formula is C19H31BrN4O3. The number of benzene rings is 1. The van der Waals surface area contributed by atoms with E-state index in [4.69, 9.17) is 19.2 Å². The van der Waals surface area contributed by atoms with Gasteiger partial charge in [0.05, 0.1) is 38.5 Å². The second-order valence-electron chi connectivity index (χ2n) is 6.39. The highest BCUT2D eigenvalue weighted by molar-refractivity contribution is 9.10. The number of halogens is 1. The molecule has 7 nitrogen and oxygen atoms in total. The maximum Gasteiger partial charge on any atom is 0.191 e. The number of rotatable bonds is 8. The van der Waals surface area contributed by atoms with Gasteiger partial charge in [0.2, 0.25) is 0 Å². The summed E-state index contributed by atoms with van der Waals surface area (Å²) in [5, 5.41) is 6.75. The summed E-state index contributed by atoms with van der Waals surface area (Å²) >= 11 is 3.53. The molecule has 1 aliphatic heterocycles. The van der Waals surface area contributed by atoms with Gasteiger partial charge < -0.3 is 24.8 Å². The Labute approximate surface area is 170 Å². The molecule has 1 aliphatic rings. The van der Waals surface area contributed by atoms with E-state index in [1.165, 1.54) is 0 Å². The van der Waals surface area contributed by atoms with Crippen molar-refractivity contribution in [3.05, 3.63) is 22.2 Å². The molecule has 0 amide bonds. The van der Waals surface area contributed by atoms with Gasteiger partial charge in [0, 0.05) is 32.2 Å². The fraction of sp³-hybridized carbons (Fsp3) is 0.632. The Kier molecular flexibility index (Phi) is 9.17. The lowest BCUT2D eigenvalue weighted by molar-refractivity contribution is 0.0211. The molecule has 8 heteroatoms. The quantitative estimate of drug-likeness (QED) is 0.475. The first kappa shape index (κ1) is 21.8. The van der Waals surface area contributed by atoms with E-state index in [-0.39, 0.29) is 0 Å². The van der Waals surface area contributed by atoms with Gasteiger partial charge >= 0.3 is 0 Å². The number of nitrogens with zero attached hydrogens (tertiary/aromatic N) is 2. The zero-order valence-corrected chi connectivity index (χ0v) is 18.3. The highest BCUT2D eigenvalue weighted by Gasteiger charge is 2.17. The van der Waals surface area contributed by atoms with E-state index in [0.717, 1.165) is 55.4 Å². The second-order valence-corrected chi connectivity index (χ2v) is 7.24. The number of hydrogen-bond acceptors (Lipinski definition) is 5. The van der Waals surface area contributed by atoms with Crippen molar-refractivity contribution in [3.8, 4) is 11.5 Å². The van der Waals surface area contributed by atoms with Crippen LogP contribution in [0.3, 0.4) is 0 Å². The van der Waals surface area contributed by atoms with Crippen molar-refractivity contribution in [2.75, 3.05) is 53.6 Å². The molecule has 1 saturated heterocycles. The number of hydrogen-bond donors (Lipinski definition) is 2. The third-order valence-electron chi connectivity index (χ3n) is 4.49. The first-order valence-corrected chi connectivity index (χ1v) is 10.1. The molecule has 1 unspecified atom stereocenters. The summed E-state index contributed by atoms with van der Waals surface area (Å²) in [6, 6.07) is 4.38. The number of ether oxygens (including phenoxy) is 3. The molecule has 0 saturated carbocycles. The summed E-state index contributed by atoms with van der Waals surface area (Å²) in [6.45, 7) is 10.1. The summed E-state index contributed by atoms with van der Waals surface area (Å²) < 4.78 is 17.1. The number of guanidine groups is 1. The topological polar surface area (TPSA) is 67.4 Å². The van der Waals surface area contributed by atoms with Gasteiger partial charge in [-0.1, -0.05) is 0 Å². The van der Waals surface area contributed by atoms with E-state index in [9.17, 15) is 0 Å². The third-order valence-corrected chi connectivity index (χ3v) is 5.08. The lowest BCUT2D eigenvalue weighted by Gasteiger charge is -2.32. The highest BCUT2D eigenvalue weighted by Crippen LogP contribution is 2.36. The molecule has 2 N–H and O–H groups in total. The molecule has 1 heterocycles. The molecule has 1 atom stereocenters. The van der Waals surface area contributed by atoms with Crippen molar-refractivity contribution < 1.29 is 14.2 Å². The minimum atomic E-state index is 0.424. The van der Waals surface area contributed by atoms with Gasteiger partial charge in [-0.3, -0.25) is 4.90 Å². The Balaban J connectivity index is 1.99. The van der Waals surface area contributed by atoms with Crippen molar-refractivity contribution >= 4 is 21.9 Å². The molecule has 0 aromatic heterocycles. The second kappa shape index (κ2) is 11.4. The maximum atomic E-state index is 5.43. The van der Waals surface area contributed by atoms with Gasteiger partial charge in [-0.05, 0) is 47.5 Å². The average molecular weight is 443 g/mol. The van der Waals surface area contributed by atoms with Gasteiger partial charge in [0.1, 0.15) is 0 Å². The van der Waals surface area contributed by atoms with Gasteiger partial charge in [-0.25, -0.2) is 4.99 Å². The van der Waals surface area contributed by atoms with Crippen molar-refractivity contribution in [2.45, 2.75) is 26.4 Å². The first-order chi connectivity index (χ1) is 13.1. The van der Waals surface area contributed by atoms with Crippen LogP contribution < -0.4 is 20.1 Å². The largest absolute Gasteiger partial charge is 0.493 e. The molecule has 27 heavy (non-hydrogen) atoms. The fourth-order valence-corrected chi connectivity index (χ4v) is 3.62. The summed E-state index contributed by atoms with van der Waals surface area (Å²) in [6.07, 6.45) is 0. The monoisotopic (exact) mass is 442 g/mol. The van der Waals surface area contributed by atoms with E-state index in [1.807, 2.05) is 12.1 Å². The van der Waals surface area contributed by atoms with Crippen LogP contribution >= 0.6 is 15.9 Å². The first-order valence-electron chi connectivity index (χ1n) is 9.33. The predicted molar refractivity (Wildman–Crippen MR) is 112 cm³/mol. The zero-order chi connectivity index (χ0) is 19.6. The van der Waals surface area contributed by atoms with Crippen LogP contribution in [-0.2, 0) is 11.3 Å². The molecule has 0 aliphatic carbocycles. The van der Waals surface area contributed by atoms with E-state index in [1.54, 1.807) is 14.2 Å². The van der Waals surface area contributed by atoms with Crippen LogP contribution in [0.2, 0.25) is 0 Å².